The van der Waals surface area contributed by atoms with Crippen LogP contribution in [0.15, 0.2) is 46.0 Å². The van der Waals surface area contributed by atoms with E-state index in [2.05, 4.69) is 15.2 Å². The van der Waals surface area contributed by atoms with Gasteiger partial charge in [0.2, 0.25) is 10.0 Å². The molecule has 0 spiro atoms. The van der Waals surface area contributed by atoms with Crippen molar-refractivity contribution < 1.29 is 17.7 Å². The van der Waals surface area contributed by atoms with Crippen LogP contribution in [0.3, 0.4) is 0 Å². The van der Waals surface area contributed by atoms with Crippen molar-refractivity contribution in [2.75, 3.05) is 18.9 Å². The van der Waals surface area contributed by atoms with Crippen LogP contribution in [0.25, 0.3) is 0 Å². The monoisotopic (exact) mass is 366 g/mol. The summed E-state index contributed by atoms with van der Waals surface area (Å²) in [7, 11) is -1.88. The predicted octanol–water partition coefficient (Wildman–Crippen LogP) is 2.59. The molecule has 8 nitrogen and oxygen atoms in total. The molecule has 2 aromatic rings. The molecule has 0 aliphatic heterocycles. The fourth-order valence-corrected chi connectivity index (χ4v) is 3.19. The predicted molar refractivity (Wildman–Crippen MR) is 93.6 cm³/mol. The van der Waals surface area contributed by atoms with Crippen LogP contribution in [0.1, 0.15) is 32.0 Å². The molecule has 2 rings (SSSR count). The first-order valence-electron chi connectivity index (χ1n) is 7.89. The highest BCUT2D eigenvalue weighted by Crippen LogP contribution is 2.19. The fraction of sp³-hybridized carbons (Fsp3) is 0.375. The molecule has 0 aliphatic rings. The molecule has 0 fully saturated rings. The Balaban J connectivity index is 2.02. The summed E-state index contributed by atoms with van der Waals surface area (Å²) >= 11 is 0. The highest BCUT2D eigenvalue weighted by Gasteiger charge is 2.20. The molecule has 0 aliphatic carbocycles. The van der Waals surface area contributed by atoms with Crippen molar-refractivity contribution in [3.05, 3.63) is 42.3 Å². The van der Waals surface area contributed by atoms with Crippen LogP contribution in [-0.2, 0) is 10.0 Å². The highest BCUT2D eigenvalue weighted by molar-refractivity contribution is 7.89. The number of hydrogen-bond acceptors (Lipinski definition) is 5. The SMILES string of the molecule is CCCNS(=O)(=O)c1ccc(NC(=O)N(C)C(C)c2ccon2)cc1. The van der Waals surface area contributed by atoms with Crippen molar-refractivity contribution in [1.82, 2.24) is 14.8 Å². The molecule has 1 unspecified atom stereocenters. The van der Waals surface area contributed by atoms with Gasteiger partial charge in [0.05, 0.1) is 10.9 Å². The molecule has 9 heteroatoms. The summed E-state index contributed by atoms with van der Waals surface area (Å²) in [5, 5.41) is 6.54. The molecule has 25 heavy (non-hydrogen) atoms. The number of carbonyl (C=O) groups excluding carboxylic acids is 1. The second-order valence-corrected chi connectivity index (χ2v) is 7.33. The lowest BCUT2D eigenvalue weighted by Crippen LogP contribution is -2.33. The molecule has 2 N–H and O–H groups in total. The lowest BCUT2D eigenvalue weighted by atomic mass is 10.2. The van der Waals surface area contributed by atoms with Gasteiger partial charge in [0.1, 0.15) is 12.0 Å². The van der Waals surface area contributed by atoms with Crippen LogP contribution in [0.4, 0.5) is 10.5 Å². The quantitative estimate of drug-likeness (QED) is 0.784. The van der Waals surface area contributed by atoms with Gasteiger partial charge in [-0.25, -0.2) is 17.9 Å². The molecular weight excluding hydrogens is 344 g/mol. The zero-order chi connectivity index (χ0) is 18.4. The van der Waals surface area contributed by atoms with Gasteiger partial charge in [-0.15, -0.1) is 0 Å². The van der Waals surface area contributed by atoms with E-state index in [1.54, 1.807) is 25.2 Å². The Labute approximate surface area is 147 Å². The number of nitrogens with one attached hydrogen (secondary N) is 2. The van der Waals surface area contributed by atoms with Gasteiger partial charge in [-0.05, 0) is 37.6 Å². The van der Waals surface area contributed by atoms with Gasteiger partial charge >= 0.3 is 6.03 Å². The van der Waals surface area contributed by atoms with Gasteiger partial charge < -0.3 is 14.7 Å². The minimum atomic E-state index is -3.52. The topological polar surface area (TPSA) is 105 Å². The van der Waals surface area contributed by atoms with E-state index in [0.717, 1.165) is 0 Å². The number of benzene rings is 1. The molecule has 1 aromatic heterocycles. The summed E-state index contributed by atoms with van der Waals surface area (Å²) in [6.07, 6.45) is 2.16. The van der Waals surface area contributed by atoms with Crippen molar-refractivity contribution in [2.24, 2.45) is 0 Å². The van der Waals surface area contributed by atoms with Crippen molar-refractivity contribution in [2.45, 2.75) is 31.2 Å². The van der Waals surface area contributed by atoms with Gasteiger partial charge in [-0.2, -0.15) is 0 Å². The van der Waals surface area contributed by atoms with Crippen LogP contribution in [-0.4, -0.2) is 38.1 Å². The standard InChI is InChI=1S/C16H22N4O4S/c1-4-10-17-25(22,23)14-7-5-13(6-8-14)18-16(21)20(3)12(2)15-9-11-24-19-15/h5-9,11-12,17H,4,10H2,1-3H3,(H,18,21). The molecular formula is C16H22N4O4S. The Morgan fingerprint density at radius 3 is 2.52 bits per heavy atom. The molecule has 2 amide bonds. The van der Waals surface area contributed by atoms with Crippen LogP contribution < -0.4 is 10.0 Å². The van der Waals surface area contributed by atoms with Gasteiger partial charge in [0.15, 0.2) is 0 Å². The second kappa shape index (κ2) is 8.13. The smallest absolute Gasteiger partial charge is 0.322 e. The Hall–Kier alpha value is -2.39. The average Bonchev–Trinajstić information content (AvgIpc) is 3.13. The lowest BCUT2D eigenvalue weighted by Gasteiger charge is -2.23. The summed E-state index contributed by atoms with van der Waals surface area (Å²) in [6, 6.07) is 7.09. The third-order valence-electron chi connectivity index (χ3n) is 3.75. The van der Waals surface area contributed by atoms with E-state index in [-0.39, 0.29) is 17.0 Å². The normalized spacial score (nSPS) is 12.6. The first-order valence-corrected chi connectivity index (χ1v) is 9.37. The van der Waals surface area contributed by atoms with Crippen LogP contribution in [0.2, 0.25) is 0 Å². The maximum Gasteiger partial charge on any atom is 0.322 e. The maximum atomic E-state index is 12.3. The van der Waals surface area contributed by atoms with Gasteiger partial charge in [-0.1, -0.05) is 12.1 Å². The summed E-state index contributed by atoms with van der Waals surface area (Å²) in [5.74, 6) is 0. The van der Waals surface area contributed by atoms with Crippen LogP contribution >= 0.6 is 0 Å². The number of amides is 2. The van der Waals surface area contributed by atoms with Crippen molar-refractivity contribution in [3.8, 4) is 0 Å². The third kappa shape index (κ3) is 4.80. The molecule has 1 heterocycles. The number of rotatable bonds is 7. The Bertz CT molecular complexity index is 788. The zero-order valence-corrected chi connectivity index (χ0v) is 15.2. The highest BCUT2D eigenvalue weighted by atomic mass is 32.2. The molecule has 0 saturated heterocycles. The van der Waals surface area contributed by atoms with Crippen molar-refractivity contribution in [1.29, 1.82) is 0 Å². The van der Waals surface area contributed by atoms with Crippen molar-refractivity contribution in [3.63, 3.8) is 0 Å². The number of nitrogens with zero attached hydrogens (tertiary/aromatic N) is 2. The molecule has 136 valence electrons. The number of anilines is 1. The van der Waals surface area contributed by atoms with Gasteiger partial charge in [0, 0.05) is 25.3 Å². The number of aromatic nitrogens is 1. The molecule has 0 radical (unpaired) electrons. The molecule has 1 atom stereocenters. The van der Waals surface area contributed by atoms with Gasteiger partial charge in [-0.3, -0.25) is 0 Å². The largest absolute Gasteiger partial charge is 0.364 e. The first-order chi connectivity index (χ1) is 11.8. The Morgan fingerprint density at radius 2 is 1.96 bits per heavy atom. The third-order valence-corrected chi connectivity index (χ3v) is 5.22. The van der Waals surface area contributed by atoms with Crippen LogP contribution in [0, 0.1) is 0 Å². The Kier molecular flexibility index (Phi) is 6.16. The molecule has 0 bridgehead atoms. The summed E-state index contributed by atoms with van der Waals surface area (Å²) in [6.45, 7) is 4.09. The number of hydrogen-bond donors (Lipinski definition) is 2. The molecule has 0 saturated carbocycles. The van der Waals surface area contributed by atoms with Crippen LogP contribution in [0.5, 0.6) is 0 Å². The van der Waals surface area contributed by atoms with E-state index in [9.17, 15) is 13.2 Å². The fourth-order valence-electron chi connectivity index (χ4n) is 2.06. The number of sulfonamides is 1. The second-order valence-electron chi connectivity index (χ2n) is 5.56. The summed E-state index contributed by atoms with van der Waals surface area (Å²) in [5.41, 5.74) is 1.14. The van der Waals surface area contributed by atoms with E-state index in [4.69, 9.17) is 4.52 Å². The van der Waals surface area contributed by atoms with E-state index in [0.29, 0.717) is 24.3 Å². The van der Waals surface area contributed by atoms with E-state index >= 15 is 0 Å². The van der Waals surface area contributed by atoms with Crippen molar-refractivity contribution >= 4 is 21.7 Å². The minimum absolute atomic E-state index is 0.156. The maximum absolute atomic E-state index is 12.3. The van der Waals surface area contributed by atoms with E-state index < -0.39 is 10.0 Å². The minimum Gasteiger partial charge on any atom is -0.364 e. The summed E-state index contributed by atoms with van der Waals surface area (Å²) in [4.78, 5) is 13.9. The Morgan fingerprint density at radius 1 is 1.28 bits per heavy atom. The zero-order valence-electron chi connectivity index (χ0n) is 14.4. The first kappa shape index (κ1) is 18.9. The van der Waals surface area contributed by atoms with E-state index in [1.165, 1.54) is 23.3 Å². The summed E-state index contributed by atoms with van der Waals surface area (Å²) < 4.78 is 31.3. The number of carbonyl (C=O) groups is 1. The lowest BCUT2D eigenvalue weighted by molar-refractivity contribution is 0.206. The number of urea groups is 1. The van der Waals surface area contributed by atoms with Gasteiger partial charge in [0.25, 0.3) is 0 Å². The molecule has 1 aromatic carbocycles. The average molecular weight is 366 g/mol. The van der Waals surface area contributed by atoms with E-state index in [1.807, 2.05) is 13.8 Å².